The molecule has 3 rings (SSSR count). The Bertz CT molecular complexity index is 692. The lowest BCUT2D eigenvalue weighted by Crippen LogP contribution is -2.46. The van der Waals surface area contributed by atoms with Crippen molar-refractivity contribution in [3.63, 3.8) is 0 Å². The van der Waals surface area contributed by atoms with Crippen LogP contribution in [0.5, 0.6) is 0 Å². The molecular weight excluding hydrogens is 260 g/mol. The summed E-state index contributed by atoms with van der Waals surface area (Å²) in [5.41, 5.74) is 1.20. The minimum atomic E-state index is -0.384. The van der Waals surface area contributed by atoms with Crippen LogP contribution in [0.1, 0.15) is 24.2 Å². The normalized spacial score (nSPS) is 17.6. The van der Waals surface area contributed by atoms with E-state index in [-0.39, 0.29) is 18.3 Å². The molecule has 1 saturated heterocycles. The lowest BCUT2D eigenvalue weighted by Gasteiger charge is -2.27. The van der Waals surface area contributed by atoms with Crippen LogP contribution >= 0.6 is 0 Å². The van der Waals surface area contributed by atoms with Crippen molar-refractivity contribution in [2.75, 3.05) is 13.3 Å². The fraction of sp³-hybridized carbons (Fsp3) is 0.385. The number of carbonyl (C=O) groups is 2. The van der Waals surface area contributed by atoms with Crippen LogP contribution < -0.4 is 0 Å². The molecule has 104 valence electrons. The maximum Gasteiger partial charge on any atom is 0.364 e. The number of benzene rings is 1. The standard InChI is InChI=1S/C13H14N4O3/c1-13(2)7-20-8-16(13)12(19)17-14-10-4-3-9(6-18)5-11(10)15-17/h3-6H,7-8H2,1-2H3. The van der Waals surface area contributed by atoms with E-state index in [1.807, 2.05) is 13.8 Å². The van der Waals surface area contributed by atoms with Gasteiger partial charge in [0.05, 0.1) is 12.1 Å². The largest absolute Gasteiger partial charge is 0.364 e. The molecule has 0 saturated carbocycles. The number of hydrogen-bond donors (Lipinski definition) is 0. The van der Waals surface area contributed by atoms with Gasteiger partial charge in [0.25, 0.3) is 0 Å². The van der Waals surface area contributed by atoms with Gasteiger partial charge in [-0.25, -0.2) is 4.79 Å². The van der Waals surface area contributed by atoms with Gasteiger partial charge in [-0.3, -0.25) is 9.69 Å². The van der Waals surface area contributed by atoms with Crippen LogP contribution in [0.15, 0.2) is 18.2 Å². The van der Waals surface area contributed by atoms with E-state index in [1.165, 1.54) is 0 Å². The van der Waals surface area contributed by atoms with Gasteiger partial charge in [0.15, 0.2) is 0 Å². The Hall–Kier alpha value is -2.28. The van der Waals surface area contributed by atoms with Crippen molar-refractivity contribution in [1.82, 2.24) is 19.9 Å². The predicted octanol–water partition coefficient (Wildman–Crippen LogP) is 1.28. The van der Waals surface area contributed by atoms with Crippen molar-refractivity contribution in [3.05, 3.63) is 23.8 Å². The lowest BCUT2D eigenvalue weighted by molar-refractivity contribution is 0.112. The summed E-state index contributed by atoms with van der Waals surface area (Å²) in [4.78, 5) is 25.8. The summed E-state index contributed by atoms with van der Waals surface area (Å²) in [5.74, 6) is 0. The van der Waals surface area contributed by atoms with Gasteiger partial charge >= 0.3 is 6.03 Å². The zero-order valence-corrected chi connectivity index (χ0v) is 11.2. The number of carbonyl (C=O) groups excluding carboxylic acids is 2. The summed E-state index contributed by atoms with van der Waals surface area (Å²) in [6, 6.07) is 4.57. The molecule has 1 aromatic heterocycles. The molecule has 0 bridgehead atoms. The number of nitrogens with zero attached hydrogens (tertiary/aromatic N) is 4. The Kier molecular flexibility index (Phi) is 2.79. The minimum Gasteiger partial charge on any atom is -0.359 e. The maximum atomic E-state index is 12.4. The third kappa shape index (κ3) is 1.96. The molecule has 0 unspecified atom stereocenters. The van der Waals surface area contributed by atoms with Gasteiger partial charge in [-0.2, -0.15) is 0 Å². The Morgan fingerprint density at radius 3 is 2.75 bits per heavy atom. The van der Waals surface area contributed by atoms with Crippen LogP contribution in [-0.2, 0) is 4.74 Å². The Morgan fingerprint density at radius 2 is 2.10 bits per heavy atom. The molecule has 1 aliphatic heterocycles. The predicted molar refractivity (Wildman–Crippen MR) is 70.4 cm³/mol. The first-order valence-corrected chi connectivity index (χ1v) is 6.23. The second-order valence-corrected chi connectivity index (χ2v) is 5.36. The molecular formula is C13H14N4O3. The second kappa shape index (κ2) is 4.38. The highest BCUT2D eigenvalue weighted by atomic mass is 16.5. The smallest absolute Gasteiger partial charge is 0.359 e. The maximum absolute atomic E-state index is 12.4. The average molecular weight is 274 g/mol. The molecule has 7 heteroatoms. The van der Waals surface area contributed by atoms with E-state index in [4.69, 9.17) is 4.74 Å². The number of ether oxygens (including phenoxy) is 1. The lowest BCUT2D eigenvalue weighted by atomic mass is 10.1. The molecule has 1 aromatic carbocycles. The number of aromatic nitrogens is 3. The van der Waals surface area contributed by atoms with Crippen LogP contribution in [0, 0.1) is 0 Å². The number of amides is 1. The second-order valence-electron chi connectivity index (χ2n) is 5.36. The van der Waals surface area contributed by atoms with Gasteiger partial charge in [0, 0.05) is 5.56 Å². The third-order valence-corrected chi connectivity index (χ3v) is 3.35. The highest BCUT2D eigenvalue weighted by Crippen LogP contribution is 2.22. The molecule has 0 radical (unpaired) electrons. The molecule has 1 fully saturated rings. The topological polar surface area (TPSA) is 77.3 Å². The third-order valence-electron chi connectivity index (χ3n) is 3.35. The zero-order chi connectivity index (χ0) is 14.3. The molecule has 0 N–H and O–H groups in total. The number of rotatable bonds is 1. The van der Waals surface area contributed by atoms with Gasteiger partial charge in [-0.1, -0.05) is 4.80 Å². The molecule has 2 aromatic rings. The van der Waals surface area contributed by atoms with Crippen molar-refractivity contribution in [2.24, 2.45) is 0 Å². The van der Waals surface area contributed by atoms with E-state index in [9.17, 15) is 9.59 Å². The van der Waals surface area contributed by atoms with E-state index in [2.05, 4.69) is 10.2 Å². The van der Waals surface area contributed by atoms with E-state index < -0.39 is 0 Å². The minimum absolute atomic E-state index is 0.226. The zero-order valence-electron chi connectivity index (χ0n) is 11.2. The Morgan fingerprint density at radius 1 is 1.35 bits per heavy atom. The van der Waals surface area contributed by atoms with Crippen LogP contribution in [0.25, 0.3) is 11.0 Å². The molecule has 7 nitrogen and oxygen atoms in total. The molecule has 2 heterocycles. The van der Waals surface area contributed by atoms with Gasteiger partial charge in [0.1, 0.15) is 24.1 Å². The quantitative estimate of drug-likeness (QED) is 0.732. The molecule has 1 amide bonds. The summed E-state index contributed by atoms with van der Waals surface area (Å²) in [7, 11) is 0. The van der Waals surface area contributed by atoms with Crippen molar-refractivity contribution >= 4 is 23.4 Å². The van der Waals surface area contributed by atoms with Crippen molar-refractivity contribution < 1.29 is 14.3 Å². The molecule has 1 aliphatic rings. The number of hydrogen-bond acceptors (Lipinski definition) is 5. The average Bonchev–Trinajstić information content (AvgIpc) is 2.99. The molecule has 0 aliphatic carbocycles. The van der Waals surface area contributed by atoms with Gasteiger partial charge < -0.3 is 4.74 Å². The molecule has 0 spiro atoms. The fourth-order valence-electron chi connectivity index (χ4n) is 2.15. The number of aldehydes is 1. The molecule has 0 atom stereocenters. The fourth-order valence-corrected chi connectivity index (χ4v) is 2.15. The summed E-state index contributed by atoms with van der Waals surface area (Å²) >= 11 is 0. The highest BCUT2D eigenvalue weighted by molar-refractivity contribution is 5.86. The monoisotopic (exact) mass is 274 g/mol. The van der Waals surface area contributed by atoms with Crippen LogP contribution in [0.3, 0.4) is 0 Å². The van der Waals surface area contributed by atoms with Gasteiger partial charge in [-0.05, 0) is 32.0 Å². The van der Waals surface area contributed by atoms with Crippen LogP contribution in [0.4, 0.5) is 4.79 Å². The summed E-state index contributed by atoms with van der Waals surface area (Å²) in [6.45, 7) is 4.55. The summed E-state index contributed by atoms with van der Waals surface area (Å²) in [5, 5.41) is 8.27. The summed E-state index contributed by atoms with van der Waals surface area (Å²) in [6.07, 6.45) is 0.734. The first-order valence-electron chi connectivity index (χ1n) is 6.23. The Labute approximate surface area is 115 Å². The van der Waals surface area contributed by atoms with Crippen LogP contribution in [-0.4, -0.2) is 51.1 Å². The van der Waals surface area contributed by atoms with Gasteiger partial charge in [0.2, 0.25) is 0 Å². The highest BCUT2D eigenvalue weighted by Gasteiger charge is 2.38. The van der Waals surface area contributed by atoms with E-state index >= 15 is 0 Å². The Balaban J connectivity index is 1.98. The first kappa shape index (κ1) is 12.7. The number of fused-ring (bicyclic) bond motifs is 1. The summed E-state index contributed by atoms with van der Waals surface area (Å²) < 4.78 is 5.32. The van der Waals surface area contributed by atoms with E-state index in [0.717, 1.165) is 11.1 Å². The van der Waals surface area contributed by atoms with Gasteiger partial charge in [-0.15, -0.1) is 10.2 Å². The van der Waals surface area contributed by atoms with Crippen molar-refractivity contribution in [1.29, 1.82) is 0 Å². The van der Waals surface area contributed by atoms with E-state index in [1.54, 1.807) is 23.1 Å². The first-order chi connectivity index (χ1) is 9.51. The SMILES string of the molecule is CC1(C)COCN1C(=O)n1nc2ccc(C=O)cc2n1. The van der Waals surface area contributed by atoms with E-state index in [0.29, 0.717) is 23.2 Å². The van der Waals surface area contributed by atoms with Crippen molar-refractivity contribution in [2.45, 2.75) is 19.4 Å². The molecule has 20 heavy (non-hydrogen) atoms. The van der Waals surface area contributed by atoms with Crippen LogP contribution in [0.2, 0.25) is 0 Å². The van der Waals surface area contributed by atoms with Crippen molar-refractivity contribution in [3.8, 4) is 0 Å².